The summed E-state index contributed by atoms with van der Waals surface area (Å²) in [6.07, 6.45) is 0. The molecule has 11 heteroatoms. The largest absolute Gasteiger partial charge is 0.484 e. The molecule has 0 aliphatic carbocycles. The first-order chi connectivity index (χ1) is 19.4. The van der Waals surface area contributed by atoms with E-state index in [4.69, 9.17) is 14.2 Å². The van der Waals surface area contributed by atoms with Gasteiger partial charge in [0, 0.05) is 57.0 Å². The lowest BCUT2D eigenvalue weighted by molar-refractivity contribution is -0.384. The summed E-state index contributed by atoms with van der Waals surface area (Å²) in [7, 11) is 0. The monoisotopic (exact) mass is 546 g/mol. The SMILES string of the molecule is O=C(NCCN1CCN(C2(COC(=O)c3ccccc3)COc3ccccc3O2)CC1)c1ccc([N+](=O)[O-])cc1. The number of amides is 1. The normalized spacial score (nSPS) is 19.0. The maximum absolute atomic E-state index is 12.7. The van der Waals surface area contributed by atoms with Crippen molar-refractivity contribution in [2.45, 2.75) is 5.72 Å². The van der Waals surface area contributed by atoms with Crippen LogP contribution in [0, 0.1) is 10.1 Å². The molecule has 2 aliphatic heterocycles. The molecule has 1 saturated heterocycles. The van der Waals surface area contributed by atoms with Crippen LogP contribution in [0.4, 0.5) is 5.69 Å². The molecule has 1 N–H and O–H groups in total. The lowest BCUT2D eigenvalue weighted by Gasteiger charge is -2.48. The van der Waals surface area contributed by atoms with E-state index in [0.717, 1.165) is 0 Å². The molecule has 2 aliphatic rings. The van der Waals surface area contributed by atoms with Gasteiger partial charge in [-0.15, -0.1) is 0 Å². The predicted octanol–water partition coefficient (Wildman–Crippen LogP) is 2.97. The maximum Gasteiger partial charge on any atom is 0.338 e. The van der Waals surface area contributed by atoms with Gasteiger partial charge < -0.3 is 19.5 Å². The summed E-state index contributed by atoms with van der Waals surface area (Å²) in [6, 6.07) is 21.8. The van der Waals surface area contributed by atoms with Gasteiger partial charge in [0.25, 0.3) is 11.6 Å². The third-order valence-electron chi connectivity index (χ3n) is 7.04. The van der Waals surface area contributed by atoms with Gasteiger partial charge in [0.2, 0.25) is 5.72 Å². The molecule has 11 nitrogen and oxygen atoms in total. The van der Waals surface area contributed by atoms with Gasteiger partial charge in [-0.2, -0.15) is 0 Å². The number of piperazine rings is 1. The minimum Gasteiger partial charge on any atom is -0.484 e. The standard InChI is InChI=1S/C29H30N4O7/c34-27(22-10-12-24(13-11-22)33(36)37)30-14-15-31-16-18-32(19-17-31)29(20-38-25-8-4-5-9-26(25)40-29)21-39-28(35)23-6-2-1-3-7-23/h1-13H,14-21H2,(H,30,34). The minimum absolute atomic E-state index is 0.000354. The molecule has 5 rings (SSSR count). The van der Waals surface area contributed by atoms with Crippen molar-refractivity contribution in [3.8, 4) is 11.5 Å². The number of nitrogens with zero attached hydrogens (tertiary/aromatic N) is 3. The number of nitro groups is 1. The van der Waals surface area contributed by atoms with Gasteiger partial charge in [-0.05, 0) is 36.4 Å². The number of carbonyl (C=O) groups is 2. The number of esters is 1. The quantitative estimate of drug-likeness (QED) is 0.245. The van der Waals surface area contributed by atoms with Crippen LogP contribution >= 0.6 is 0 Å². The summed E-state index contributed by atoms with van der Waals surface area (Å²) in [4.78, 5) is 39.8. The van der Waals surface area contributed by atoms with Crippen LogP contribution in [0.5, 0.6) is 11.5 Å². The summed E-state index contributed by atoms with van der Waals surface area (Å²) in [6.45, 7) is 4.00. The van der Waals surface area contributed by atoms with E-state index in [2.05, 4.69) is 15.1 Å². The molecular formula is C29H30N4O7. The van der Waals surface area contributed by atoms with Gasteiger partial charge in [-0.1, -0.05) is 30.3 Å². The molecule has 1 unspecified atom stereocenters. The summed E-state index contributed by atoms with van der Waals surface area (Å²) in [5, 5.41) is 13.7. The average Bonchev–Trinajstić information content (AvgIpc) is 3.00. The fraction of sp³-hybridized carbons (Fsp3) is 0.310. The minimum atomic E-state index is -0.977. The van der Waals surface area contributed by atoms with Crippen molar-refractivity contribution in [2.75, 3.05) is 52.5 Å². The second kappa shape index (κ2) is 12.1. The van der Waals surface area contributed by atoms with Crippen molar-refractivity contribution >= 4 is 17.6 Å². The second-order valence-electron chi connectivity index (χ2n) is 9.61. The Morgan fingerprint density at radius 1 is 0.900 bits per heavy atom. The number of fused-ring (bicyclic) bond motifs is 1. The number of carbonyl (C=O) groups excluding carboxylic acids is 2. The Morgan fingerprint density at radius 2 is 1.57 bits per heavy atom. The van der Waals surface area contributed by atoms with E-state index in [1.807, 2.05) is 30.3 Å². The Balaban J connectivity index is 1.17. The van der Waals surface area contributed by atoms with Gasteiger partial charge in [0.15, 0.2) is 11.5 Å². The number of hydrogen-bond acceptors (Lipinski definition) is 9. The van der Waals surface area contributed by atoms with Gasteiger partial charge in [0.1, 0.15) is 13.2 Å². The third kappa shape index (κ3) is 6.22. The fourth-order valence-corrected chi connectivity index (χ4v) is 4.78. The lowest BCUT2D eigenvalue weighted by Crippen LogP contribution is -2.66. The molecule has 3 aromatic carbocycles. The molecule has 0 saturated carbocycles. The fourth-order valence-electron chi connectivity index (χ4n) is 4.78. The van der Waals surface area contributed by atoms with Gasteiger partial charge >= 0.3 is 5.97 Å². The molecule has 1 amide bonds. The van der Waals surface area contributed by atoms with E-state index < -0.39 is 16.6 Å². The summed E-state index contributed by atoms with van der Waals surface area (Å²) >= 11 is 0. The third-order valence-corrected chi connectivity index (χ3v) is 7.04. The molecule has 208 valence electrons. The van der Waals surface area contributed by atoms with Crippen LogP contribution in [-0.2, 0) is 4.74 Å². The number of ether oxygens (including phenoxy) is 3. The van der Waals surface area contributed by atoms with Crippen molar-refractivity contribution in [1.82, 2.24) is 15.1 Å². The Hall–Kier alpha value is -4.48. The van der Waals surface area contributed by atoms with Crippen LogP contribution in [0.25, 0.3) is 0 Å². The highest BCUT2D eigenvalue weighted by molar-refractivity contribution is 5.94. The zero-order valence-corrected chi connectivity index (χ0v) is 21.9. The van der Waals surface area contributed by atoms with E-state index in [1.54, 1.807) is 24.3 Å². The number of hydrogen-bond donors (Lipinski definition) is 1. The van der Waals surface area contributed by atoms with E-state index in [-0.39, 0.29) is 24.8 Å². The number of non-ortho nitro benzene ring substituents is 1. The van der Waals surface area contributed by atoms with Crippen LogP contribution in [0.15, 0.2) is 78.9 Å². The highest BCUT2D eigenvalue weighted by Crippen LogP contribution is 2.37. The number of nitro benzene ring substituents is 1. The highest BCUT2D eigenvalue weighted by atomic mass is 16.6. The summed E-state index contributed by atoms with van der Waals surface area (Å²) in [5.41, 5.74) is -0.194. The molecule has 0 spiro atoms. The molecule has 0 aromatic heterocycles. The topological polar surface area (TPSA) is 123 Å². The Labute approximate surface area is 231 Å². The van der Waals surface area contributed by atoms with Crippen LogP contribution in [0.1, 0.15) is 20.7 Å². The Bertz CT molecular complexity index is 1340. The van der Waals surface area contributed by atoms with Crippen molar-refractivity contribution in [3.63, 3.8) is 0 Å². The van der Waals surface area contributed by atoms with Crippen molar-refractivity contribution < 1.29 is 28.7 Å². The number of benzene rings is 3. The van der Waals surface area contributed by atoms with Gasteiger partial charge in [0.05, 0.1) is 10.5 Å². The van der Waals surface area contributed by atoms with Crippen molar-refractivity contribution in [3.05, 3.63) is 100 Å². The molecule has 1 atom stereocenters. The zero-order chi connectivity index (χ0) is 28.0. The second-order valence-corrected chi connectivity index (χ2v) is 9.61. The molecule has 3 aromatic rings. The first kappa shape index (κ1) is 27.1. The first-order valence-corrected chi connectivity index (χ1v) is 13.1. The zero-order valence-electron chi connectivity index (χ0n) is 21.9. The summed E-state index contributed by atoms with van der Waals surface area (Å²) < 4.78 is 18.3. The number of nitrogens with one attached hydrogen (secondary N) is 1. The Kier molecular flexibility index (Phi) is 8.23. The smallest absolute Gasteiger partial charge is 0.338 e. The van der Waals surface area contributed by atoms with E-state index in [0.29, 0.717) is 61.9 Å². The average molecular weight is 547 g/mol. The molecular weight excluding hydrogens is 516 g/mol. The summed E-state index contributed by atoms with van der Waals surface area (Å²) in [5.74, 6) is 0.541. The molecule has 0 bridgehead atoms. The van der Waals surface area contributed by atoms with Crippen LogP contribution in [-0.4, -0.2) is 84.8 Å². The van der Waals surface area contributed by atoms with Crippen molar-refractivity contribution in [1.29, 1.82) is 0 Å². The van der Waals surface area contributed by atoms with Gasteiger partial charge in [-0.3, -0.25) is 24.7 Å². The van der Waals surface area contributed by atoms with E-state index >= 15 is 0 Å². The van der Waals surface area contributed by atoms with Crippen LogP contribution in [0.2, 0.25) is 0 Å². The first-order valence-electron chi connectivity index (χ1n) is 13.1. The van der Waals surface area contributed by atoms with Gasteiger partial charge in [-0.25, -0.2) is 4.79 Å². The molecule has 0 radical (unpaired) electrons. The van der Waals surface area contributed by atoms with E-state index in [1.165, 1.54) is 24.3 Å². The van der Waals surface area contributed by atoms with Crippen LogP contribution < -0.4 is 14.8 Å². The number of rotatable bonds is 9. The number of para-hydroxylation sites is 2. The molecule has 40 heavy (non-hydrogen) atoms. The lowest BCUT2D eigenvalue weighted by atomic mass is 10.1. The molecule has 1 fully saturated rings. The maximum atomic E-state index is 12.7. The molecule has 2 heterocycles. The highest BCUT2D eigenvalue weighted by Gasteiger charge is 2.46. The van der Waals surface area contributed by atoms with Crippen molar-refractivity contribution in [2.24, 2.45) is 0 Å². The van der Waals surface area contributed by atoms with Crippen LogP contribution in [0.3, 0.4) is 0 Å². The predicted molar refractivity (Wildman–Crippen MR) is 145 cm³/mol. The van der Waals surface area contributed by atoms with E-state index in [9.17, 15) is 19.7 Å². The Morgan fingerprint density at radius 3 is 2.27 bits per heavy atom.